The Morgan fingerprint density at radius 1 is 1.25 bits per heavy atom. The second-order valence-electron chi connectivity index (χ2n) is 6.00. The minimum atomic E-state index is -0.351. The van der Waals surface area contributed by atoms with Crippen LogP contribution in [0.15, 0.2) is 36.5 Å². The summed E-state index contributed by atoms with van der Waals surface area (Å²) < 4.78 is 0. The summed E-state index contributed by atoms with van der Waals surface area (Å²) in [5.74, 6) is 0. The van der Waals surface area contributed by atoms with E-state index in [2.05, 4.69) is 22.4 Å². The van der Waals surface area contributed by atoms with Gasteiger partial charge >= 0.3 is 0 Å². The molecule has 0 radical (unpaired) electrons. The van der Waals surface area contributed by atoms with Crippen LogP contribution >= 0.6 is 11.3 Å². The van der Waals surface area contributed by atoms with Crippen molar-refractivity contribution in [3.8, 4) is 10.4 Å². The lowest BCUT2D eigenvalue weighted by Crippen LogP contribution is -2.36. The van der Waals surface area contributed by atoms with Crippen LogP contribution in [0.4, 0.5) is 0 Å². The first-order chi connectivity index (χ1) is 9.47. The highest BCUT2D eigenvalue weighted by Crippen LogP contribution is 2.25. The van der Waals surface area contributed by atoms with Crippen molar-refractivity contribution in [2.45, 2.75) is 33.4 Å². The molecule has 4 heteroatoms. The summed E-state index contributed by atoms with van der Waals surface area (Å²) in [6, 6.07) is 10.3. The maximum atomic E-state index is 9.97. The van der Waals surface area contributed by atoms with Crippen molar-refractivity contribution < 1.29 is 5.11 Å². The molecule has 1 atom stereocenters. The molecule has 0 amide bonds. The molecule has 1 unspecified atom stereocenters. The lowest BCUT2D eigenvalue weighted by molar-refractivity contribution is 0.0627. The van der Waals surface area contributed by atoms with Crippen LogP contribution in [-0.2, 0) is 6.54 Å². The fourth-order valence-corrected chi connectivity index (χ4v) is 2.64. The molecule has 20 heavy (non-hydrogen) atoms. The van der Waals surface area contributed by atoms with Crippen molar-refractivity contribution in [1.29, 1.82) is 0 Å². The third-order valence-electron chi connectivity index (χ3n) is 3.23. The highest BCUT2D eigenvalue weighted by Gasteiger charge is 2.21. The zero-order valence-electron chi connectivity index (χ0n) is 12.3. The summed E-state index contributed by atoms with van der Waals surface area (Å²) in [7, 11) is 0. The van der Waals surface area contributed by atoms with E-state index in [9.17, 15) is 5.11 Å². The molecule has 0 aliphatic heterocycles. The van der Waals surface area contributed by atoms with Gasteiger partial charge in [-0.1, -0.05) is 51.1 Å². The number of aliphatic hydroxyl groups is 1. The van der Waals surface area contributed by atoms with Crippen molar-refractivity contribution in [3.05, 3.63) is 41.5 Å². The highest BCUT2D eigenvalue weighted by molar-refractivity contribution is 7.15. The van der Waals surface area contributed by atoms with Crippen LogP contribution in [-0.4, -0.2) is 22.7 Å². The second-order valence-corrected chi connectivity index (χ2v) is 7.11. The topological polar surface area (TPSA) is 45.1 Å². The molecule has 1 aromatic heterocycles. The molecule has 3 nitrogen and oxygen atoms in total. The van der Waals surface area contributed by atoms with Gasteiger partial charge in [0.2, 0.25) is 0 Å². The maximum absolute atomic E-state index is 9.97. The molecule has 1 heterocycles. The van der Waals surface area contributed by atoms with Crippen molar-refractivity contribution in [1.82, 2.24) is 10.3 Å². The monoisotopic (exact) mass is 290 g/mol. The first-order valence-corrected chi connectivity index (χ1v) is 7.67. The molecule has 0 saturated carbocycles. The van der Waals surface area contributed by atoms with E-state index in [-0.39, 0.29) is 11.5 Å². The largest absolute Gasteiger partial charge is 0.391 e. The van der Waals surface area contributed by atoms with E-state index in [0.717, 1.165) is 5.01 Å². The Hall–Kier alpha value is -1.23. The Morgan fingerprint density at radius 2 is 1.95 bits per heavy atom. The molecule has 108 valence electrons. The number of aromatic nitrogens is 1. The van der Waals surface area contributed by atoms with Gasteiger partial charge in [0.25, 0.3) is 0 Å². The van der Waals surface area contributed by atoms with E-state index >= 15 is 0 Å². The van der Waals surface area contributed by atoms with Crippen molar-refractivity contribution >= 4 is 11.3 Å². The van der Waals surface area contributed by atoms with Crippen LogP contribution in [0.5, 0.6) is 0 Å². The van der Waals surface area contributed by atoms with Gasteiger partial charge in [-0.25, -0.2) is 4.98 Å². The average molecular weight is 290 g/mol. The lowest BCUT2D eigenvalue weighted by Gasteiger charge is -2.25. The summed E-state index contributed by atoms with van der Waals surface area (Å²) in [6.45, 7) is 7.40. The smallest absolute Gasteiger partial charge is 0.107 e. The second kappa shape index (κ2) is 6.48. The number of thiazole rings is 1. The van der Waals surface area contributed by atoms with Gasteiger partial charge in [-0.05, 0) is 11.0 Å². The number of nitrogens with zero attached hydrogens (tertiary/aromatic N) is 1. The van der Waals surface area contributed by atoms with Gasteiger partial charge in [0.15, 0.2) is 0 Å². The van der Waals surface area contributed by atoms with Gasteiger partial charge in [0, 0.05) is 19.3 Å². The summed E-state index contributed by atoms with van der Waals surface area (Å²) in [6.07, 6.45) is 1.56. The van der Waals surface area contributed by atoms with E-state index < -0.39 is 0 Å². The predicted molar refractivity (Wildman–Crippen MR) is 84.7 cm³/mol. The quantitative estimate of drug-likeness (QED) is 0.888. The van der Waals surface area contributed by atoms with Crippen LogP contribution in [0.25, 0.3) is 10.4 Å². The standard InChI is InChI=1S/C16H22N2OS/c1-16(2,3)14(19)10-17-11-15-18-9-13(20-15)12-7-5-4-6-8-12/h4-9,14,17,19H,10-11H2,1-3H3. The third-order valence-corrected chi connectivity index (χ3v) is 4.27. The number of nitrogens with one attached hydrogen (secondary N) is 1. The van der Waals surface area contributed by atoms with Crippen LogP contribution < -0.4 is 5.32 Å². The van der Waals surface area contributed by atoms with E-state index in [1.165, 1.54) is 10.4 Å². The zero-order chi connectivity index (χ0) is 14.6. The number of benzene rings is 1. The van der Waals surface area contributed by atoms with Gasteiger partial charge in [-0.3, -0.25) is 0 Å². The molecule has 0 saturated heterocycles. The molecule has 0 fully saturated rings. The van der Waals surface area contributed by atoms with Gasteiger partial charge < -0.3 is 10.4 Å². The summed E-state index contributed by atoms with van der Waals surface area (Å²) in [5, 5.41) is 14.3. The molecule has 2 aromatic rings. The highest BCUT2D eigenvalue weighted by atomic mass is 32.1. The minimum Gasteiger partial charge on any atom is -0.391 e. The van der Waals surface area contributed by atoms with E-state index in [4.69, 9.17) is 0 Å². The van der Waals surface area contributed by atoms with Crippen LogP contribution in [0.1, 0.15) is 25.8 Å². The zero-order valence-corrected chi connectivity index (χ0v) is 13.1. The maximum Gasteiger partial charge on any atom is 0.107 e. The molecular weight excluding hydrogens is 268 g/mol. The lowest BCUT2D eigenvalue weighted by atomic mass is 9.89. The Kier molecular flexibility index (Phi) is 4.91. The SMILES string of the molecule is CC(C)(C)C(O)CNCc1ncc(-c2ccccc2)s1. The first-order valence-electron chi connectivity index (χ1n) is 6.86. The molecule has 0 aliphatic carbocycles. The average Bonchev–Trinajstić information content (AvgIpc) is 2.87. The van der Waals surface area contributed by atoms with Crippen molar-refractivity contribution in [2.24, 2.45) is 5.41 Å². The molecule has 2 rings (SSSR count). The van der Waals surface area contributed by atoms with E-state index in [1.54, 1.807) is 11.3 Å². The van der Waals surface area contributed by atoms with Gasteiger partial charge in [0.1, 0.15) is 5.01 Å². The van der Waals surface area contributed by atoms with Crippen molar-refractivity contribution in [3.63, 3.8) is 0 Å². The van der Waals surface area contributed by atoms with Gasteiger partial charge in [-0.15, -0.1) is 11.3 Å². The van der Waals surface area contributed by atoms with Crippen molar-refractivity contribution in [2.75, 3.05) is 6.54 Å². The Labute approximate surface area is 124 Å². The molecule has 0 bridgehead atoms. The summed E-state index contributed by atoms with van der Waals surface area (Å²) >= 11 is 1.69. The van der Waals surface area contributed by atoms with E-state index in [0.29, 0.717) is 13.1 Å². The Morgan fingerprint density at radius 3 is 2.60 bits per heavy atom. The number of rotatable bonds is 5. The Bertz CT molecular complexity index is 531. The fraction of sp³-hybridized carbons (Fsp3) is 0.438. The third kappa shape index (κ3) is 4.13. The molecular formula is C16H22N2OS. The molecule has 0 aliphatic rings. The van der Waals surface area contributed by atoms with Gasteiger partial charge in [-0.2, -0.15) is 0 Å². The van der Waals surface area contributed by atoms with Crippen LogP contribution in [0.3, 0.4) is 0 Å². The number of hydrogen-bond acceptors (Lipinski definition) is 4. The Balaban J connectivity index is 1.88. The van der Waals surface area contributed by atoms with Crippen LogP contribution in [0, 0.1) is 5.41 Å². The van der Waals surface area contributed by atoms with Crippen LogP contribution in [0.2, 0.25) is 0 Å². The van der Waals surface area contributed by atoms with E-state index in [1.807, 2.05) is 45.2 Å². The number of aliphatic hydroxyl groups excluding tert-OH is 1. The fourth-order valence-electron chi connectivity index (χ4n) is 1.75. The normalized spacial score (nSPS) is 13.4. The molecule has 1 aromatic carbocycles. The van der Waals surface area contributed by atoms with Gasteiger partial charge in [0.05, 0.1) is 11.0 Å². The number of hydrogen-bond donors (Lipinski definition) is 2. The molecule has 2 N–H and O–H groups in total. The molecule has 0 spiro atoms. The predicted octanol–water partition coefficient (Wildman–Crippen LogP) is 3.31. The first kappa shape index (κ1) is 15.2. The summed E-state index contributed by atoms with van der Waals surface area (Å²) in [4.78, 5) is 5.61. The minimum absolute atomic E-state index is 0.0922. The summed E-state index contributed by atoms with van der Waals surface area (Å²) in [5.41, 5.74) is 1.11.